The highest BCUT2D eigenvalue weighted by molar-refractivity contribution is 5.93. The molecule has 1 aromatic carbocycles. The van der Waals surface area contributed by atoms with E-state index >= 15 is 0 Å². The molecule has 0 atom stereocenters. The molecular formula is C22H30N4O. The number of H-pyrrole nitrogens is 1. The van der Waals surface area contributed by atoms with Gasteiger partial charge in [-0.15, -0.1) is 0 Å². The zero-order chi connectivity index (χ0) is 18.8. The summed E-state index contributed by atoms with van der Waals surface area (Å²) in [6.45, 7) is 7.79. The van der Waals surface area contributed by atoms with Crippen LogP contribution in [0.25, 0.3) is 11.3 Å². The molecule has 144 valence electrons. The second-order valence-electron chi connectivity index (χ2n) is 8.11. The monoisotopic (exact) mass is 366 g/mol. The van der Waals surface area contributed by atoms with Gasteiger partial charge in [0.2, 0.25) is 0 Å². The Morgan fingerprint density at radius 1 is 1.04 bits per heavy atom. The average Bonchev–Trinajstić information content (AvgIpc) is 3.18. The van der Waals surface area contributed by atoms with E-state index < -0.39 is 0 Å². The van der Waals surface area contributed by atoms with Crippen molar-refractivity contribution >= 4 is 5.91 Å². The quantitative estimate of drug-likeness (QED) is 0.899. The Morgan fingerprint density at radius 2 is 1.78 bits per heavy atom. The molecule has 1 N–H and O–H groups in total. The second kappa shape index (κ2) is 7.85. The van der Waals surface area contributed by atoms with Crippen molar-refractivity contribution in [2.45, 2.75) is 52.0 Å². The van der Waals surface area contributed by atoms with Crippen LogP contribution in [0.5, 0.6) is 0 Å². The van der Waals surface area contributed by atoms with Crippen molar-refractivity contribution in [3.8, 4) is 11.3 Å². The Balaban J connectivity index is 1.40. The molecule has 27 heavy (non-hydrogen) atoms. The van der Waals surface area contributed by atoms with Gasteiger partial charge in [-0.3, -0.25) is 14.8 Å². The van der Waals surface area contributed by atoms with Crippen LogP contribution in [0.4, 0.5) is 0 Å². The molecule has 0 spiro atoms. The first-order chi connectivity index (χ1) is 13.1. The summed E-state index contributed by atoms with van der Waals surface area (Å²) < 4.78 is 0. The minimum atomic E-state index is 0.0711. The largest absolute Gasteiger partial charge is 0.335 e. The molecular weight excluding hydrogens is 336 g/mol. The number of piperazine rings is 1. The van der Waals surface area contributed by atoms with E-state index in [4.69, 9.17) is 0 Å². The highest BCUT2D eigenvalue weighted by Gasteiger charge is 2.28. The molecule has 5 nitrogen and oxygen atoms in total. The molecule has 2 fully saturated rings. The van der Waals surface area contributed by atoms with Gasteiger partial charge in [0.15, 0.2) is 0 Å². The maximum absolute atomic E-state index is 12.9. The number of nitrogens with one attached hydrogen (secondary N) is 1. The van der Waals surface area contributed by atoms with Gasteiger partial charge in [0.25, 0.3) is 5.91 Å². The van der Waals surface area contributed by atoms with Gasteiger partial charge in [0.1, 0.15) is 5.69 Å². The third-order valence-corrected chi connectivity index (χ3v) is 6.16. The fraction of sp³-hybridized carbons (Fsp3) is 0.545. The Hall–Kier alpha value is -2.14. The molecule has 2 aromatic rings. The maximum atomic E-state index is 12.9. The van der Waals surface area contributed by atoms with E-state index in [0.717, 1.165) is 43.5 Å². The SMILES string of the molecule is Cc1ccc(-c2cc(C(=O)N3CCN(C4CCCCC4)CC3)[nH]n2)c(C)c1. The number of hydrogen-bond acceptors (Lipinski definition) is 3. The lowest BCUT2D eigenvalue weighted by molar-refractivity contribution is 0.0518. The smallest absolute Gasteiger partial charge is 0.271 e. The summed E-state index contributed by atoms with van der Waals surface area (Å²) in [6.07, 6.45) is 6.76. The van der Waals surface area contributed by atoms with Gasteiger partial charge in [-0.1, -0.05) is 43.0 Å². The Kier molecular flexibility index (Phi) is 5.30. The first kappa shape index (κ1) is 18.2. The highest BCUT2D eigenvalue weighted by Crippen LogP contribution is 2.25. The number of benzene rings is 1. The molecule has 1 saturated carbocycles. The van der Waals surface area contributed by atoms with E-state index in [-0.39, 0.29) is 5.91 Å². The summed E-state index contributed by atoms with van der Waals surface area (Å²) in [7, 11) is 0. The third-order valence-electron chi connectivity index (χ3n) is 6.16. The predicted molar refractivity (Wildman–Crippen MR) is 108 cm³/mol. The number of aryl methyl sites for hydroxylation is 2. The number of carbonyl (C=O) groups is 1. The van der Waals surface area contributed by atoms with Crippen molar-refractivity contribution in [3.05, 3.63) is 41.1 Å². The fourth-order valence-electron chi connectivity index (χ4n) is 4.58. The molecule has 1 aliphatic carbocycles. The maximum Gasteiger partial charge on any atom is 0.271 e. The van der Waals surface area contributed by atoms with Crippen LogP contribution in [0.2, 0.25) is 0 Å². The molecule has 0 bridgehead atoms. The van der Waals surface area contributed by atoms with Crippen molar-refractivity contribution in [2.24, 2.45) is 0 Å². The lowest BCUT2D eigenvalue weighted by Gasteiger charge is -2.40. The second-order valence-corrected chi connectivity index (χ2v) is 8.11. The van der Waals surface area contributed by atoms with Crippen molar-refractivity contribution in [1.82, 2.24) is 20.0 Å². The molecule has 2 aliphatic rings. The number of hydrogen-bond donors (Lipinski definition) is 1. The van der Waals surface area contributed by atoms with E-state index in [9.17, 15) is 4.79 Å². The highest BCUT2D eigenvalue weighted by atomic mass is 16.2. The molecule has 1 saturated heterocycles. The average molecular weight is 367 g/mol. The van der Waals surface area contributed by atoms with Gasteiger partial charge in [0, 0.05) is 37.8 Å². The molecule has 4 rings (SSSR count). The van der Waals surface area contributed by atoms with Crippen LogP contribution in [0, 0.1) is 13.8 Å². The van der Waals surface area contributed by atoms with Crippen LogP contribution in [0.15, 0.2) is 24.3 Å². The number of amides is 1. The van der Waals surface area contributed by atoms with E-state index in [0.29, 0.717) is 5.69 Å². The zero-order valence-electron chi connectivity index (χ0n) is 16.5. The molecule has 1 aliphatic heterocycles. The lowest BCUT2D eigenvalue weighted by atomic mass is 9.94. The topological polar surface area (TPSA) is 52.2 Å². The summed E-state index contributed by atoms with van der Waals surface area (Å²) in [5.74, 6) is 0.0711. The number of nitrogens with zero attached hydrogens (tertiary/aromatic N) is 3. The molecule has 2 heterocycles. The Bertz CT molecular complexity index is 798. The van der Waals surface area contributed by atoms with E-state index in [2.05, 4.69) is 47.1 Å². The van der Waals surface area contributed by atoms with Crippen LogP contribution in [0.1, 0.15) is 53.7 Å². The van der Waals surface area contributed by atoms with Crippen LogP contribution < -0.4 is 0 Å². The summed E-state index contributed by atoms with van der Waals surface area (Å²) in [5, 5.41) is 7.36. The van der Waals surface area contributed by atoms with Crippen LogP contribution in [-0.4, -0.2) is 58.1 Å². The van der Waals surface area contributed by atoms with Gasteiger partial charge in [-0.05, 0) is 38.3 Å². The standard InChI is InChI=1S/C22H30N4O/c1-16-8-9-19(17(2)14-16)20-15-21(24-23-20)22(27)26-12-10-25(11-13-26)18-6-4-3-5-7-18/h8-9,14-15,18H,3-7,10-13H2,1-2H3,(H,23,24). The van der Waals surface area contributed by atoms with Crippen LogP contribution >= 0.6 is 0 Å². The minimum absolute atomic E-state index is 0.0711. The molecule has 0 radical (unpaired) electrons. The molecule has 5 heteroatoms. The summed E-state index contributed by atoms with van der Waals surface area (Å²) >= 11 is 0. The van der Waals surface area contributed by atoms with Crippen LogP contribution in [-0.2, 0) is 0 Å². The fourth-order valence-corrected chi connectivity index (χ4v) is 4.58. The molecule has 1 aromatic heterocycles. The van der Waals surface area contributed by atoms with Crippen molar-refractivity contribution < 1.29 is 4.79 Å². The van der Waals surface area contributed by atoms with E-state index in [1.165, 1.54) is 43.2 Å². The Morgan fingerprint density at radius 3 is 2.48 bits per heavy atom. The van der Waals surface area contributed by atoms with E-state index in [1.807, 2.05) is 11.0 Å². The Labute approximate surface area is 161 Å². The number of aromatic amines is 1. The van der Waals surface area contributed by atoms with Gasteiger partial charge < -0.3 is 4.90 Å². The van der Waals surface area contributed by atoms with Gasteiger partial charge in [-0.25, -0.2) is 0 Å². The number of aromatic nitrogens is 2. The van der Waals surface area contributed by atoms with Gasteiger partial charge >= 0.3 is 0 Å². The predicted octanol–water partition coefficient (Wildman–Crippen LogP) is 3.78. The normalized spacial score (nSPS) is 19.4. The summed E-state index contributed by atoms with van der Waals surface area (Å²) in [5.41, 5.74) is 4.94. The minimum Gasteiger partial charge on any atom is -0.335 e. The first-order valence-electron chi connectivity index (χ1n) is 10.3. The van der Waals surface area contributed by atoms with Gasteiger partial charge in [0.05, 0.1) is 5.69 Å². The van der Waals surface area contributed by atoms with Crippen molar-refractivity contribution in [1.29, 1.82) is 0 Å². The summed E-state index contributed by atoms with van der Waals surface area (Å²) in [6, 6.07) is 8.95. The van der Waals surface area contributed by atoms with Crippen LogP contribution in [0.3, 0.4) is 0 Å². The third kappa shape index (κ3) is 3.93. The van der Waals surface area contributed by atoms with E-state index in [1.54, 1.807) is 0 Å². The van der Waals surface area contributed by atoms with Crippen molar-refractivity contribution in [2.75, 3.05) is 26.2 Å². The number of carbonyl (C=O) groups excluding carboxylic acids is 1. The lowest BCUT2D eigenvalue weighted by Crippen LogP contribution is -2.52. The first-order valence-corrected chi connectivity index (χ1v) is 10.3. The zero-order valence-corrected chi connectivity index (χ0v) is 16.5. The summed E-state index contributed by atoms with van der Waals surface area (Å²) in [4.78, 5) is 17.5. The number of rotatable bonds is 3. The van der Waals surface area contributed by atoms with Gasteiger partial charge in [-0.2, -0.15) is 5.10 Å². The van der Waals surface area contributed by atoms with Crippen molar-refractivity contribution in [3.63, 3.8) is 0 Å². The molecule has 1 amide bonds. The molecule has 0 unspecified atom stereocenters.